The average Bonchev–Trinajstić information content (AvgIpc) is 2.33. The van der Waals surface area contributed by atoms with E-state index in [9.17, 15) is 0 Å². The molecule has 0 unspecified atom stereocenters. The summed E-state index contributed by atoms with van der Waals surface area (Å²) in [6.45, 7) is 2.12. The molecule has 0 aliphatic carbocycles. The maximum atomic E-state index is 6.00. The summed E-state index contributed by atoms with van der Waals surface area (Å²) in [5, 5.41) is 9.05. The predicted octanol–water partition coefficient (Wildman–Crippen LogP) is 3.37. The van der Waals surface area contributed by atoms with Crippen LogP contribution in [0.3, 0.4) is 0 Å². The average molecular weight is 350 g/mol. The van der Waals surface area contributed by atoms with Gasteiger partial charge in [-0.2, -0.15) is 0 Å². The van der Waals surface area contributed by atoms with Crippen LogP contribution in [0.5, 0.6) is 0 Å². The summed E-state index contributed by atoms with van der Waals surface area (Å²) < 4.78 is 0.309. The van der Waals surface area contributed by atoms with E-state index in [0.717, 1.165) is 30.5 Å². The molecule has 0 heterocycles. The second-order valence-corrected chi connectivity index (χ2v) is 5.41. The molecule has 3 nitrogen and oxygen atoms in total. The molecule has 0 fully saturated rings. The summed E-state index contributed by atoms with van der Waals surface area (Å²) >= 11 is 14.5. The van der Waals surface area contributed by atoms with Crippen LogP contribution in [0.15, 0.2) is 28.4 Å². The number of rotatable bonds is 5. The third kappa shape index (κ3) is 4.99. The Morgan fingerprint density at radius 2 is 2.00 bits per heavy atom. The van der Waals surface area contributed by atoms with Crippen molar-refractivity contribution in [2.45, 2.75) is 26.2 Å². The van der Waals surface area contributed by atoms with Crippen molar-refractivity contribution < 1.29 is 0 Å². The third-order valence-corrected chi connectivity index (χ3v) is 3.20. The van der Waals surface area contributed by atoms with Crippen molar-refractivity contribution in [2.75, 3.05) is 0 Å². The van der Waals surface area contributed by atoms with Crippen LogP contribution in [0.2, 0.25) is 10.0 Å². The van der Waals surface area contributed by atoms with Gasteiger partial charge >= 0.3 is 126 Å². The van der Waals surface area contributed by atoms with Crippen molar-refractivity contribution in [1.82, 2.24) is 0 Å². The fourth-order valence-corrected chi connectivity index (χ4v) is 1.77. The van der Waals surface area contributed by atoms with Crippen LogP contribution in [0.4, 0.5) is 0 Å². The summed E-state index contributed by atoms with van der Waals surface area (Å²) in [5.41, 5.74) is 7.22. The first-order valence-corrected chi connectivity index (χ1v) is 7.18. The van der Waals surface area contributed by atoms with Crippen LogP contribution in [-0.4, -0.2) is 26.5 Å². The van der Waals surface area contributed by atoms with Crippen LogP contribution < -0.4 is 5.73 Å². The molecule has 1 aromatic rings. The van der Waals surface area contributed by atoms with Crippen LogP contribution in [0.25, 0.3) is 0 Å². The first-order chi connectivity index (χ1) is 8.54. The van der Waals surface area contributed by atoms with Gasteiger partial charge in [-0.1, -0.05) is 0 Å². The first-order valence-electron chi connectivity index (χ1n) is 5.57. The Kier molecular flexibility index (Phi) is 6.72. The number of hydrogen-bond donors (Lipinski definition) is 1. The van der Waals surface area contributed by atoms with E-state index in [1.54, 1.807) is 12.1 Å². The molecule has 0 atom stereocenters. The molecule has 18 heavy (non-hydrogen) atoms. The molecule has 0 aliphatic rings. The molecule has 0 saturated carbocycles. The molecule has 6 heteroatoms. The van der Waals surface area contributed by atoms with Gasteiger partial charge in [0.1, 0.15) is 0 Å². The molecule has 1 rings (SSSR count). The molecule has 1 aromatic carbocycles. The van der Waals surface area contributed by atoms with Crippen LogP contribution in [0, 0.1) is 0 Å². The Hall–Kier alpha value is -0.541. The number of nitrogens with zero attached hydrogens (tertiary/aromatic N) is 2. The van der Waals surface area contributed by atoms with Gasteiger partial charge in [0.2, 0.25) is 0 Å². The normalized spacial score (nSPS) is 12.8. The standard InChI is InChI=1S/C12H14Cl2N3Se/c1-2-3-4-11(16-17-12(15)18)8-5-6-9(13)10(14)7-8/h5-7H,2-4H2,1H3,(H2,15,17)/b16-11+. The van der Waals surface area contributed by atoms with E-state index in [4.69, 9.17) is 28.9 Å². The maximum absolute atomic E-state index is 6.00. The summed E-state index contributed by atoms with van der Waals surface area (Å²) in [5.74, 6) is 0. The predicted molar refractivity (Wildman–Crippen MR) is 79.9 cm³/mol. The number of benzene rings is 1. The van der Waals surface area contributed by atoms with E-state index in [1.165, 1.54) is 0 Å². The van der Waals surface area contributed by atoms with E-state index >= 15 is 0 Å². The second-order valence-electron chi connectivity index (χ2n) is 3.72. The van der Waals surface area contributed by atoms with Crippen molar-refractivity contribution in [3.63, 3.8) is 0 Å². The van der Waals surface area contributed by atoms with E-state index in [0.29, 0.717) is 14.8 Å². The van der Waals surface area contributed by atoms with E-state index < -0.39 is 0 Å². The summed E-state index contributed by atoms with van der Waals surface area (Å²) in [7, 11) is 0. The molecule has 1 radical (unpaired) electrons. The van der Waals surface area contributed by atoms with Crippen LogP contribution in [-0.2, 0) is 0 Å². The molecular weight excluding hydrogens is 336 g/mol. The fraction of sp³-hybridized carbons (Fsp3) is 0.333. The molecule has 0 spiro atoms. The van der Waals surface area contributed by atoms with Gasteiger partial charge in [0.25, 0.3) is 0 Å². The zero-order valence-electron chi connectivity index (χ0n) is 9.99. The Balaban J connectivity index is 3.05. The minimum atomic E-state index is 0.309. The van der Waals surface area contributed by atoms with Gasteiger partial charge in [0, 0.05) is 0 Å². The topological polar surface area (TPSA) is 50.7 Å². The first kappa shape index (κ1) is 15.5. The number of hydrogen-bond acceptors (Lipinski definition) is 2. The zero-order chi connectivity index (χ0) is 13.5. The van der Waals surface area contributed by atoms with Crippen LogP contribution in [0.1, 0.15) is 31.7 Å². The van der Waals surface area contributed by atoms with Crippen molar-refractivity contribution >= 4 is 49.7 Å². The Bertz CT molecular complexity index is 468. The number of nitrogens with two attached hydrogens (primary N) is 1. The van der Waals surface area contributed by atoms with Crippen molar-refractivity contribution in [2.24, 2.45) is 15.9 Å². The number of amidine groups is 1. The monoisotopic (exact) mass is 350 g/mol. The second kappa shape index (κ2) is 7.80. The minimum absolute atomic E-state index is 0.309. The van der Waals surface area contributed by atoms with E-state index in [2.05, 4.69) is 33.1 Å². The number of halogens is 2. The summed E-state index contributed by atoms with van der Waals surface area (Å²) in [4.78, 5) is 0. The molecule has 0 amide bonds. The van der Waals surface area contributed by atoms with Crippen molar-refractivity contribution in [3.05, 3.63) is 33.8 Å². The Labute approximate surface area is 125 Å². The van der Waals surface area contributed by atoms with Gasteiger partial charge in [0.05, 0.1) is 0 Å². The van der Waals surface area contributed by atoms with Gasteiger partial charge < -0.3 is 0 Å². The molecule has 2 N–H and O–H groups in total. The van der Waals surface area contributed by atoms with Gasteiger partial charge in [-0.3, -0.25) is 0 Å². The summed E-state index contributed by atoms with van der Waals surface area (Å²) in [6, 6.07) is 5.43. The van der Waals surface area contributed by atoms with E-state index in [-0.39, 0.29) is 0 Å². The molecule has 0 bridgehead atoms. The zero-order valence-corrected chi connectivity index (χ0v) is 13.2. The van der Waals surface area contributed by atoms with E-state index in [1.807, 2.05) is 6.07 Å². The molecular formula is C12H14Cl2N3Se. The van der Waals surface area contributed by atoms with Crippen molar-refractivity contribution in [1.29, 1.82) is 0 Å². The Morgan fingerprint density at radius 1 is 1.28 bits per heavy atom. The molecule has 97 valence electrons. The number of unbranched alkanes of at least 4 members (excludes halogenated alkanes) is 1. The molecule has 0 aliphatic heterocycles. The van der Waals surface area contributed by atoms with Gasteiger partial charge in [-0.05, 0) is 0 Å². The van der Waals surface area contributed by atoms with Gasteiger partial charge in [-0.15, -0.1) is 0 Å². The van der Waals surface area contributed by atoms with Gasteiger partial charge in [-0.25, -0.2) is 0 Å². The van der Waals surface area contributed by atoms with Crippen LogP contribution >= 0.6 is 23.2 Å². The third-order valence-electron chi connectivity index (χ3n) is 2.29. The van der Waals surface area contributed by atoms with Gasteiger partial charge in [0.15, 0.2) is 0 Å². The Morgan fingerprint density at radius 3 is 2.56 bits per heavy atom. The molecule has 0 saturated heterocycles. The van der Waals surface area contributed by atoms with Crippen molar-refractivity contribution in [3.8, 4) is 0 Å². The summed E-state index contributed by atoms with van der Waals surface area (Å²) in [6.07, 6.45) is 2.94. The fourth-order valence-electron chi connectivity index (χ4n) is 1.38. The SMILES string of the molecule is CCCC/C(=N\N=C(\N)[Se])c1ccc(Cl)c(Cl)c1. The quantitative estimate of drug-likeness (QED) is 0.376. The molecule has 0 aromatic heterocycles.